The van der Waals surface area contributed by atoms with E-state index >= 15 is 0 Å². The Morgan fingerprint density at radius 2 is 1.82 bits per heavy atom. The molecule has 0 spiro atoms. The van der Waals surface area contributed by atoms with E-state index in [1.807, 2.05) is 6.92 Å². The van der Waals surface area contributed by atoms with Crippen LogP contribution in [-0.4, -0.2) is 38.0 Å². The second kappa shape index (κ2) is 7.44. The summed E-state index contributed by atoms with van der Waals surface area (Å²) in [6.07, 6.45) is 2.81. The van der Waals surface area contributed by atoms with Gasteiger partial charge in [0.2, 0.25) is 16.8 Å². The van der Waals surface area contributed by atoms with E-state index in [0.29, 0.717) is 29.3 Å². The van der Waals surface area contributed by atoms with E-state index < -0.39 is 10.0 Å². The number of anilines is 1. The first-order valence-corrected chi connectivity index (χ1v) is 10.7. The van der Waals surface area contributed by atoms with E-state index in [1.165, 1.54) is 12.1 Å². The number of ether oxygens (including phenoxy) is 2. The lowest BCUT2D eigenvalue weighted by atomic mass is 10.1. The van der Waals surface area contributed by atoms with Gasteiger partial charge in [-0.15, -0.1) is 0 Å². The van der Waals surface area contributed by atoms with Crippen molar-refractivity contribution in [2.45, 2.75) is 37.1 Å². The number of piperidine rings is 1. The van der Waals surface area contributed by atoms with Gasteiger partial charge >= 0.3 is 0 Å². The molecule has 1 fully saturated rings. The molecule has 1 saturated heterocycles. The first-order chi connectivity index (χ1) is 13.4. The number of fused-ring (bicyclic) bond motifs is 1. The predicted molar refractivity (Wildman–Crippen MR) is 104 cm³/mol. The highest BCUT2D eigenvalue weighted by Crippen LogP contribution is 2.32. The molecule has 0 saturated carbocycles. The molecule has 148 valence electrons. The van der Waals surface area contributed by atoms with E-state index in [0.717, 1.165) is 19.3 Å². The maximum Gasteiger partial charge on any atom is 0.255 e. The number of carbonyl (C=O) groups is 1. The lowest BCUT2D eigenvalue weighted by Crippen LogP contribution is -2.41. The zero-order valence-electron chi connectivity index (χ0n) is 15.6. The Hall–Kier alpha value is -2.58. The van der Waals surface area contributed by atoms with Crippen molar-refractivity contribution in [3.8, 4) is 11.5 Å². The van der Waals surface area contributed by atoms with Crippen molar-refractivity contribution < 1.29 is 22.7 Å². The Morgan fingerprint density at radius 1 is 1.07 bits per heavy atom. The number of rotatable bonds is 4. The molecule has 2 aliphatic heterocycles. The lowest BCUT2D eigenvalue weighted by molar-refractivity contribution is 0.102. The molecular formula is C20H22N2O5S. The van der Waals surface area contributed by atoms with Crippen molar-refractivity contribution in [2.24, 2.45) is 0 Å². The Bertz CT molecular complexity index is 988. The van der Waals surface area contributed by atoms with Crippen molar-refractivity contribution in [2.75, 3.05) is 18.7 Å². The van der Waals surface area contributed by atoms with Crippen LogP contribution in [0.3, 0.4) is 0 Å². The van der Waals surface area contributed by atoms with E-state index in [1.54, 1.807) is 34.6 Å². The molecule has 0 aromatic heterocycles. The van der Waals surface area contributed by atoms with Gasteiger partial charge in [0.15, 0.2) is 11.5 Å². The normalized spacial score (nSPS) is 19.4. The molecule has 8 heteroatoms. The summed E-state index contributed by atoms with van der Waals surface area (Å²) in [6.45, 7) is 2.63. The molecule has 2 aliphatic rings. The van der Waals surface area contributed by atoms with E-state index in [-0.39, 0.29) is 23.6 Å². The molecular weight excluding hydrogens is 380 g/mol. The molecule has 0 aliphatic carbocycles. The number of amides is 1. The predicted octanol–water partition coefficient (Wildman–Crippen LogP) is 3.23. The smallest absolute Gasteiger partial charge is 0.255 e. The Kier molecular flexibility index (Phi) is 4.99. The third-order valence-corrected chi connectivity index (χ3v) is 7.12. The van der Waals surface area contributed by atoms with Crippen LogP contribution in [0.4, 0.5) is 5.69 Å². The summed E-state index contributed by atoms with van der Waals surface area (Å²) in [7, 11) is -3.53. The number of nitrogens with one attached hydrogen (secondary N) is 1. The van der Waals surface area contributed by atoms with Gasteiger partial charge in [0.05, 0.1) is 4.90 Å². The summed E-state index contributed by atoms with van der Waals surface area (Å²) in [5.74, 6) is 0.835. The largest absolute Gasteiger partial charge is 0.454 e. The number of sulfonamides is 1. The molecule has 7 nitrogen and oxygen atoms in total. The summed E-state index contributed by atoms with van der Waals surface area (Å²) >= 11 is 0. The van der Waals surface area contributed by atoms with Gasteiger partial charge in [0.1, 0.15) is 0 Å². The second-order valence-electron chi connectivity index (χ2n) is 7.01. The highest BCUT2D eigenvalue weighted by molar-refractivity contribution is 7.89. The summed E-state index contributed by atoms with van der Waals surface area (Å²) in [4.78, 5) is 12.7. The lowest BCUT2D eigenvalue weighted by Gasteiger charge is -2.32. The van der Waals surface area contributed by atoms with Crippen molar-refractivity contribution in [1.29, 1.82) is 0 Å². The van der Waals surface area contributed by atoms with Gasteiger partial charge in [0, 0.05) is 23.8 Å². The van der Waals surface area contributed by atoms with Crippen LogP contribution >= 0.6 is 0 Å². The third kappa shape index (κ3) is 3.57. The van der Waals surface area contributed by atoms with Gasteiger partial charge in [-0.3, -0.25) is 4.79 Å². The minimum atomic E-state index is -3.53. The second-order valence-corrected chi connectivity index (χ2v) is 8.90. The summed E-state index contributed by atoms with van der Waals surface area (Å²) in [5, 5.41) is 2.77. The fraction of sp³-hybridized carbons (Fsp3) is 0.350. The van der Waals surface area contributed by atoms with Gasteiger partial charge in [0.25, 0.3) is 5.91 Å². The minimum Gasteiger partial charge on any atom is -0.454 e. The molecule has 2 aromatic rings. The Balaban J connectivity index is 1.48. The quantitative estimate of drug-likeness (QED) is 0.849. The van der Waals surface area contributed by atoms with E-state index in [9.17, 15) is 13.2 Å². The molecule has 2 heterocycles. The van der Waals surface area contributed by atoms with Crippen LogP contribution in [0, 0.1) is 0 Å². The van der Waals surface area contributed by atoms with Gasteiger partial charge < -0.3 is 14.8 Å². The minimum absolute atomic E-state index is 0.00383. The van der Waals surface area contributed by atoms with Gasteiger partial charge in [-0.05, 0) is 62.2 Å². The first kappa shape index (κ1) is 18.8. The molecule has 1 amide bonds. The maximum absolute atomic E-state index is 12.9. The average molecular weight is 402 g/mol. The van der Waals surface area contributed by atoms with Gasteiger partial charge in [-0.1, -0.05) is 6.42 Å². The molecule has 2 aromatic carbocycles. The van der Waals surface area contributed by atoms with Crippen LogP contribution in [0.15, 0.2) is 47.4 Å². The van der Waals surface area contributed by atoms with Crippen molar-refractivity contribution in [3.05, 3.63) is 48.0 Å². The monoisotopic (exact) mass is 402 g/mol. The van der Waals surface area contributed by atoms with E-state index in [4.69, 9.17) is 9.47 Å². The molecule has 1 N–H and O–H groups in total. The average Bonchev–Trinajstić information content (AvgIpc) is 3.16. The SMILES string of the molecule is C[C@@H]1CCCCN1S(=O)(=O)c1ccc(NC(=O)c2ccc3c(c2)OCO3)cc1. The number of carbonyl (C=O) groups excluding carboxylic acids is 1. The molecule has 4 rings (SSSR count). The van der Waals surface area contributed by atoms with Crippen LogP contribution in [0.1, 0.15) is 36.5 Å². The molecule has 0 radical (unpaired) electrons. The molecule has 0 bridgehead atoms. The number of hydrogen-bond donors (Lipinski definition) is 1. The zero-order valence-corrected chi connectivity index (χ0v) is 16.4. The fourth-order valence-electron chi connectivity index (χ4n) is 3.52. The highest BCUT2D eigenvalue weighted by atomic mass is 32.2. The number of benzene rings is 2. The number of hydrogen-bond acceptors (Lipinski definition) is 5. The summed E-state index contributed by atoms with van der Waals surface area (Å²) in [6, 6.07) is 11.2. The van der Waals surface area contributed by atoms with E-state index in [2.05, 4.69) is 5.32 Å². The van der Waals surface area contributed by atoms with Crippen LogP contribution in [0.2, 0.25) is 0 Å². The van der Waals surface area contributed by atoms with Crippen LogP contribution in [0.5, 0.6) is 11.5 Å². The molecule has 28 heavy (non-hydrogen) atoms. The maximum atomic E-state index is 12.9. The van der Waals surface area contributed by atoms with Crippen molar-refractivity contribution in [3.63, 3.8) is 0 Å². The molecule has 0 unspecified atom stereocenters. The van der Waals surface area contributed by atoms with Crippen LogP contribution in [0.25, 0.3) is 0 Å². The topological polar surface area (TPSA) is 84.9 Å². The summed E-state index contributed by atoms with van der Waals surface area (Å²) in [5.41, 5.74) is 0.955. The highest BCUT2D eigenvalue weighted by Gasteiger charge is 2.30. The molecule has 1 atom stereocenters. The van der Waals surface area contributed by atoms with Crippen molar-refractivity contribution in [1.82, 2.24) is 4.31 Å². The first-order valence-electron chi connectivity index (χ1n) is 9.28. The number of nitrogens with zero attached hydrogens (tertiary/aromatic N) is 1. The summed E-state index contributed by atoms with van der Waals surface area (Å²) < 4.78 is 37.8. The third-order valence-electron chi connectivity index (χ3n) is 5.10. The fourth-order valence-corrected chi connectivity index (χ4v) is 5.21. The Morgan fingerprint density at radius 3 is 2.57 bits per heavy atom. The Labute approximate surface area is 164 Å². The standard InChI is InChI=1S/C20H22N2O5S/c1-14-4-2-3-11-22(14)28(24,25)17-8-6-16(7-9-17)21-20(23)15-5-10-18-19(12-15)27-13-26-18/h5-10,12,14H,2-4,11,13H2,1H3,(H,21,23)/t14-/m1/s1. The van der Waals surface area contributed by atoms with Crippen LogP contribution < -0.4 is 14.8 Å². The van der Waals surface area contributed by atoms with Crippen LogP contribution in [-0.2, 0) is 10.0 Å². The van der Waals surface area contributed by atoms with Gasteiger partial charge in [-0.25, -0.2) is 8.42 Å². The van der Waals surface area contributed by atoms with Gasteiger partial charge in [-0.2, -0.15) is 4.31 Å². The van der Waals surface area contributed by atoms with Crippen molar-refractivity contribution >= 4 is 21.6 Å². The zero-order chi connectivity index (χ0) is 19.7.